The molecule has 0 aliphatic carbocycles. The van der Waals surface area contributed by atoms with E-state index in [0.717, 1.165) is 11.1 Å². The molecule has 0 bridgehead atoms. The summed E-state index contributed by atoms with van der Waals surface area (Å²) in [6, 6.07) is 12.8. The summed E-state index contributed by atoms with van der Waals surface area (Å²) in [5.41, 5.74) is 2.01. The first-order chi connectivity index (χ1) is 9.15. The van der Waals surface area contributed by atoms with Crippen LogP contribution in [-0.4, -0.2) is 10.1 Å². The Bertz CT molecular complexity index is 736. The lowest BCUT2D eigenvalue weighted by Crippen LogP contribution is -2.01. The van der Waals surface area contributed by atoms with E-state index < -0.39 is 6.10 Å². The van der Waals surface area contributed by atoms with Gasteiger partial charge in [-0.3, -0.25) is 4.98 Å². The predicted octanol–water partition coefficient (Wildman–Crippen LogP) is 3.87. The first-order valence-corrected chi connectivity index (χ1v) is 6.32. The number of hydrogen-bond donors (Lipinski definition) is 1. The van der Waals surface area contributed by atoms with Gasteiger partial charge in [-0.25, -0.2) is 0 Å². The van der Waals surface area contributed by atoms with Crippen molar-refractivity contribution in [2.75, 3.05) is 0 Å². The second kappa shape index (κ2) is 4.68. The molecule has 0 spiro atoms. The maximum atomic E-state index is 10.3. The zero-order valence-corrected chi connectivity index (χ0v) is 11.1. The van der Waals surface area contributed by atoms with Gasteiger partial charge >= 0.3 is 0 Å². The van der Waals surface area contributed by atoms with Crippen LogP contribution in [0, 0.1) is 6.92 Å². The summed E-state index contributed by atoms with van der Waals surface area (Å²) in [5, 5.41) is 11.7. The molecule has 1 aromatic carbocycles. The normalized spacial score (nSPS) is 12.8. The average molecular weight is 274 g/mol. The molecule has 0 amide bonds. The van der Waals surface area contributed by atoms with Crippen LogP contribution in [0.15, 0.2) is 46.9 Å². The Morgan fingerprint density at radius 2 is 2.00 bits per heavy atom. The van der Waals surface area contributed by atoms with E-state index in [-0.39, 0.29) is 0 Å². The summed E-state index contributed by atoms with van der Waals surface area (Å²) in [7, 11) is 0. The summed E-state index contributed by atoms with van der Waals surface area (Å²) in [5.74, 6) is 0.446. The number of rotatable bonds is 2. The van der Waals surface area contributed by atoms with Crippen molar-refractivity contribution in [3.63, 3.8) is 0 Å². The molecule has 1 unspecified atom stereocenters. The van der Waals surface area contributed by atoms with Gasteiger partial charge in [0.15, 0.2) is 11.7 Å². The molecule has 0 fully saturated rings. The number of aliphatic hydroxyl groups excluding tert-OH is 1. The number of nitrogens with zero attached hydrogens (tertiary/aromatic N) is 1. The first kappa shape index (κ1) is 12.2. The quantitative estimate of drug-likeness (QED) is 0.771. The highest BCUT2D eigenvalue weighted by Gasteiger charge is 2.17. The maximum absolute atomic E-state index is 10.3. The minimum atomic E-state index is -0.886. The lowest BCUT2D eigenvalue weighted by Gasteiger charge is -2.07. The molecule has 3 rings (SSSR count). The van der Waals surface area contributed by atoms with Crippen LogP contribution in [-0.2, 0) is 0 Å². The third-order valence-corrected chi connectivity index (χ3v) is 3.27. The summed E-state index contributed by atoms with van der Waals surface area (Å²) < 4.78 is 5.63. The summed E-state index contributed by atoms with van der Waals surface area (Å²) in [6.45, 7) is 1.88. The molecule has 96 valence electrons. The van der Waals surface area contributed by atoms with Crippen molar-refractivity contribution in [3.8, 4) is 0 Å². The topological polar surface area (TPSA) is 46.3 Å². The number of benzene rings is 1. The number of pyridine rings is 1. The van der Waals surface area contributed by atoms with Crippen LogP contribution >= 0.6 is 11.6 Å². The van der Waals surface area contributed by atoms with Crippen molar-refractivity contribution in [3.05, 3.63) is 64.6 Å². The number of fused-ring (bicyclic) bond motifs is 1. The lowest BCUT2D eigenvalue weighted by atomic mass is 10.1. The Balaban J connectivity index is 2.06. The van der Waals surface area contributed by atoms with Crippen molar-refractivity contribution in [2.45, 2.75) is 13.0 Å². The monoisotopic (exact) mass is 273 g/mol. The van der Waals surface area contributed by atoms with Crippen LogP contribution in [0.1, 0.15) is 23.3 Å². The summed E-state index contributed by atoms with van der Waals surface area (Å²) in [4.78, 5) is 4.30. The second-order valence-corrected chi connectivity index (χ2v) is 4.82. The van der Waals surface area contributed by atoms with E-state index in [0.29, 0.717) is 22.1 Å². The largest absolute Gasteiger partial charge is 0.456 e. The van der Waals surface area contributed by atoms with E-state index >= 15 is 0 Å². The van der Waals surface area contributed by atoms with Crippen molar-refractivity contribution in [1.82, 2.24) is 4.98 Å². The molecule has 0 aliphatic heterocycles. The zero-order valence-electron chi connectivity index (χ0n) is 10.3. The van der Waals surface area contributed by atoms with Gasteiger partial charge in [0.1, 0.15) is 5.76 Å². The molecule has 19 heavy (non-hydrogen) atoms. The predicted molar refractivity (Wildman–Crippen MR) is 74.3 cm³/mol. The Labute approximate surface area is 115 Å². The molecule has 0 saturated heterocycles. The molecule has 1 atom stereocenters. The highest BCUT2D eigenvalue weighted by Crippen LogP contribution is 2.31. The van der Waals surface area contributed by atoms with Crippen LogP contribution in [0.2, 0.25) is 5.02 Å². The number of hydrogen-bond acceptors (Lipinski definition) is 3. The molecule has 0 aliphatic rings. The molecule has 3 aromatic rings. The minimum Gasteiger partial charge on any atom is -0.456 e. The number of halogens is 1. The van der Waals surface area contributed by atoms with Crippen molar-refractivity contribution >= 4 is 22.6 Å². The van der Waals surface area contributed by atoms with Gasteiger partial charge in [-0.1, -0.05) is 29.8 Å². The molecule has 4 heteroatoms. The molecule has 1 N–H and O–H groups in total. The van der Waals surface area contributed by atoms with Gasteiger partial charge in [-0.2, -0.15) is 0 Å². The second-order valence-electron chi connectivity index (χ2n) is 4.41. The molecule has 2 heterocycles. The van der Waals surface area contributed by atoms with E-state index in [9.17, 15) is 5.11 Å². The van der Waals surface area contributed by atoms with E-state index in [1.807, 2.05) is 31.2 Å². The number of aliphatic hydroxyl groups is 1. The van der Waals surface area contributed by atoms with Gasteiger partial charge in [-0.05, 0) is 31.2 Å². The van der Waals surface area contributed by atoms with E-state index in [4.69, 9.17) is 16.0 Å². The first-order valence-electron chi connectivity index (χ1n) is 5.95. The number of aryl methyl sites for hydroxylation is 1. The Kier molecular flexibility index (Phi) is 3.01. The molecular weight excluding hydrogens is 262 g/mol. The van der Waals surface area contributed by atoms with Crippen molar-refractivity contribution in [1.29, 1.82) is 0 Å². The van der Waals surface area contributed by atoms with E-state index in [1.165, 1.54) is 0 Å². The lowest BCUT2D eigenvalue weighted by molar-refractivity contribution is 0.187. The number of furan rings is 1. The Morgan fingerprint density at radius 1 is 1.21 bits per heavy atom. The average Bonchev–Trinajstić information content (AvgIpc) is 2.83. The fourth-order valence-corrected chi connectivity index (χ4v) is 2.26. The zero-order chi connectivity index (χ0) is 13.4. The fraction of sp³-hybridized carbons (Fsp3) is 0.133. The van der Waals surface area contributed by atoms with Crippen LogP contribution in [0.5, 0.6) is 0 Å². The number of aromatic nitrogens is 1. The minimum absolute atomic E-state index is 0.446. The third kappa shape index (κ3) is 2.23. The molecule has 0 radical (unpaired) electrons. The van der Waals surface area contributed by atoms with Crippen LogP contribution < -0.4 is 0 Å². The van der Waals surface area contributed by atoms with Gasteiger partial charge in [0.2, 0.25) is 0 Å². The Hall–Kier alpha value is -1.84. The third-order valence-electron chi connectivity index (χ3n) is 2.97. The van der Waals surface area contributed by atoms with Crippen molar-refractivity contribution < 1.29 is 9.52 Å². The SMILES string of the molecule is Cc1cccc(C(O)c2cc3cccc(Cl)c3o2)n1. The molecular formula is C15H12ClNO2. The van der Waals surface area contributed by atoms with Gasteiger partial charge in [0, 0.05) is 11.1 Å². The van der Waals surface area contributed by atoms with Gasteiger partial charge in [-0.15, -0.1) is 0 Å². The van der Waals surface area contributed by atoms with Crippen LogP contribution in [0.25, 0.3) is 11.0 Å². The van der Waals surface area contributed by atoms with E-state index in [2.05, 4.69) is 4.98 Å². The van der Waals surface area contributed by atoms with Gasteiger partial charge in [0.05, 0.1) is 10.7 Å². The van der Waals surface area contributed by atoms with Crippen molar-refractivity contribution in [2.24, 2.45) is 0 Å². The molecule has 3 nitrogen and oxygen atoms in total. The summed E-state index contributed by atoms with van der Waals surface area (Å²) in [6.07, 6.45) is -0.886. The standard InChI is InChI=1S/C15H12ClNO2/c1-9-4-2-7-12(17-9)14(18)13-8-10-5-3-6-11(16)15(10)19-13/h2-8,14,18H,1H3. The number of para-hydroxylation sites is 1. The molecule has 2 aromatic heterocycles. The highest BCUT2D eigenvalue weighted by atomic mass is 35.5. The molecule has 0 saturated carbocycles. The van der Waals surface area contributed by atoms with Crippen LogP contribution in [0.4, 0.5) is 0 Å². The van der Waals surface area contributed by atoms with Gasteiger partial charge < -0.3 is 9.52 Å². The van der Waals surface area contributed by atoms with Gasteiger partial charge in [0.25, 0.3) is 0 Å². The van der Waals surface area contributed by atoms with E-state index in [1.54, 1.807) is 18.2 Å². The Morgan fingerprint density at radius 3 is 2.74 bits per heavy atom. The van der Waals surface area contributed by atoms with Crippen LogP contribution in [0.3, 0.4) is 0 Å². The maximum Gasteiger partial charge on any atom is 0.153 e. The fourth-order valence-electron chi connectivity index (χ4n) is 2.04. The summed E-state index contributed by atoms with van der Waals surface area (Å²) >= 11 is 6.06. The highest BCUT2D eigenvalue weighted by molar-refractivity contribution is 6.34. The smallest absolute Gasteiger partial charge is 0.153 e.